The molecule has 1 aromatic heterocycles. The van der Waals surface area contributed by atoms with Gasteiger partial charge in [0.05, 0.1) is 0 Å². The van der Waals surface area contributed by atoms with Gasteiger partial charge in [-0.05, 0) is 53.8 Å². The molecule has 1 aromatic carbocycles. The molecule has 2 N–H and O–H groups in total. The second-order valence-electron chi connectivity index (χ2n) is 4.65. The Morgan fingerprint density at radius 2 is 2.06 bits per heavy atom. The number of rotatable bonds is 3. The van der Waals surface area contributed by atoms with E-state index in [4.69, 9.17) is 10.5 Å². The number of hydrogen-bond acceptors (Lipinski definition) is 3. The van der Waals surface area contributed by atoms with Crippen molar-refractivity contribution in [2.24, 2.45) is 5.73 Å². The molecule has 1 heterocycles. The molecule has 0 saturated carbocycles. The van der Waals surface area contributed by atoms with Gasteiger partial charge in [-0.15, -0.1) is 0 Å². The zero-order chi connectivity index (χ0) is 12.4. The number of ether oxygens (including phenoxy) is 1. The first-order chi connectivity index (χ1) is 8.83. The van der Waals surface area contributed by atoms with Crippen LogP contribution in [0.3, 0.4) is 0 Å². The van der Waals surface area contributed by atoms with E-state index in [-0.39, 0.29) is 6.04 Å². The number of nitrogens with two attached hydrogens (primary N) is 1. The first kappa shape index (κ1) is 11.2. The van der Waals surface area contributed by atoms with Crippen molar-refractivity contribution in [1.82, 2.24) is 4.98 Å². The maximum atomic E-state index is 6.01. The van der Waals surface area contributed by atoms with E-state index in [0.29, 0.717) is 6.61 Å². The minimum atomic E-state index is 0.203. The van der Waals surface area contributed by atoms with Crippen LogP contribution in [-0.2, 0) is 13.0 Å². The minimum Gasteiger partial charge on any atom is -0.489 e. The molecule has 0 radical (unpaired) electrons. The molecule has 18 heavy (non-hydrogen) atoms. The molecule has 3 rings (SSSR count). The summed E-state index contributed by atoms with van der Waals surface area (Å²) in [7, 11) is 0. The van der Waals surface area contributed by atoms with Gasteiger partial charge in [0.1, 0.15) is 12.4 Å². The highest BCUT2D eigenvalue weighted by atomic mass is 16.5. The molecule has 0 amide bonds. The lowest BCUT2D eigenvalue weighted by atomic mass is 10.1. The summed E-state index contributed by atoms with van der Waals surface area (Å²) in [6.07, 6.45) is 5.66. The van der Waals surface area contributed by atoms with Gasteiger partial charge in [0.2, 0.25) is 0 Å². The van der Waals surface area contributed by atoms with E-state index >= 15 is 0 Å². The van der Waals surface area contributed by atoms with E-state index in [9.17, 15) is 0 Å². The van der Waals surface area contributed by atoms with Crippen molar-refractivity contribution >= 4 is 0 Å². The van der Waals surface area contributed by atoms with E-state index in [1.165, 1.54) is 11.1 Å². The smallest absolute Gasteiger partial charge is 0.120 e. The average Bonchev–Trinajstić information content (AvgIpc) is 2.79. The van der Waals surface area contributed by atoms with Crippen LogP contribution in [0.25, 0.3) is 0 Å². The Balaban J connectivity index is 1.71. The standard InChI is InChI=1S/C15H16N2O/c16-15-4-1-12-9-13(2-3-14(12)15)18-10-11-5-7-17-8-6-11/h2-3,5-9,15H,1,4,10,16H2. The summed E-state index contributed by atoms with van der Waals surface area (Å²) < 4.78 is 5.78. The fourth-order valence-electron chi connectivity index (χ4n) is 2.36. The fourth-order valence-corrected chi connectivity index (χ4v) is 2.36. The highest BCUT2D eigenvalue weighted by molar-refractivity contribution is 5.40. The van der Waals surface area contributed by atoms with Gasteiger partial charge in [0.15, 0.2) is 0 Å². The van der Waals surface area contributed by atoms with Gasteiger partial charge in [0.25, 0.3) is 0 Å². The lowest BCUT2D eigenvalue weighted by molar-refractivity contribution is 0.306. The van der Waals surface area contributed by atoms with Crippen molar-refractivity contribution in [3.05, 3.63) is 59.4 Å². The Hall–Kier alpha value is -1.87. The van der Waals surface area contributed by atoms with Crippen molar-refractivity contribution in [3.63, 3.8) is 0 Å². The highest BCUT2D eigenvalue weighted by Gasteiger charge is 2.18. The molecule has 0 aliphatic heterocycles. The van der Waals surface area contributed by atoms with Crippen LogP contribution in [0, 0.1) is 0 Å². The summed E-state index contributed by atoms with van der Waals surface area (Å²) in [5.74, 6) is 0.916. The van der Waals surface area contributed by atoms with Gasteiger partial charge in [-0.2, -0.15) is 0 Å². The lowest BCUT2D eigenvalue weighted by Crippen LogP contribution is -2.05. The number of benzene rings is 1. The molecule has 1 unspecified atom stereocenters. The molecule has 0 bridgehead atoms. The van der Waals surface area contributed by atoms with Crippen molar-refractivity contribution in [2.75, 3.05) is 0 Å². The third kappa shape index (κ3) is 2.22. The van der Waals surface area contributed by atoms with Gasteiger partial charge < -0.3 is 10.5 Å². The quantitative estimate of drug-likeness (QED) is 0.897. The minimum absolute atomic E-state index is 0.203. The van der Waals surface area contributed by atoms with E-state index in [0.717, 1.165) is 24.2 Å². The predicted octanol–water partition coefficient (Wildman–Crippen LogP) is 2.61. The molecule has 1 atom stereocenters. The van der Waals surface area contributed by atoms with Crippen LogP contribution in [0.4, 0.5) is 0 Å². The second-order valence-corrected chi connectivity index (χ2v) is 4.65. The van der Waals surface area contributed by atoms with E-state index in [1.807, 2.05) is 18.2 Å². The normalized spacial score (nSPS) is 17.5. The van der Waals surface area contributed by atoms with Gasteiger partial charge >= 0.3 is 0 Å². The molecule has 2 aromatic rings. The number of aryl methyl sites for hydroxylation is 1. The molecule has 3 heteroatoms. The van der Waals surface area contributed by atoms with Crippen LogP contribution < -0.4 is 10.5 Å². The van der Waals surface area contributed by atoms with Crippen LogP contribution in [0.1, 0.15) is 29.2 Å². The molecule has 3 nitrogen and oxygen atoms in total. The highest BCUT2D eigenvalue weighted by Crippen LogP contribution is 2.31. The Bertz CT molecular complexity index is 539. The van der Waals surface area contributed by atoms with Gasteiger partial charge in [-0.1, -0.05) is 6.07 Å². The number of hydrogen-bond donors (Lipinski definition) is 1. The summed E-state index contributed by atoms with van der Waals surface area (Å²) in [5.41, 5.74) is 9.74. The largest absolute Gasteiger partial charge is 0.489 e. The first-order valence-electron chi connectivity index (χ1n) is 6.23. The molecule has 0 spiro atoms. The maximum absolute atomic E-state index is 6.01. The molecule has 0 fully saturated rings. The molecular weight excluding hydrogens is 224 g/mol. The third-order valence-electron chi connectivity index (χ3n) is 3.39. The SMILES string of the molecule is NC1CCc2cc(OCc3ccncc3)ccc21. The average molecular weight is 240 g/mol. The zero-order valence-corrected chi connectivity index (χ0v) is 10.2. The molecule has 1 aliphatic carbocycles. The van der Waals surface area contributed by atoms with E-state index in [2.05, 4.69) is 17.1 Å². The van der Waals surface area contributed by atoms with Crippen molar-refractivity contribution < 1.29 is 4.74 Å². The number of pyridine rings is 1. The van der Waals surface area contributed by atoms with Crippen LogP contribution in [0.5, 0.6) is 5.75 Å². The topological polar surface area (TPSA) is 48.1 Å². The fraction of sp³-hybridized carbons (Fsp3) is 0.267. The number of aromatic nitrogens is 1. The Morgan fingerprint density at radius 1 is 1.22 bits per heavy atom. The molecular formula is C15H16N2O. The maximum Gasteiger partial charge on any atom is 0.120 e. The monoisotopic (exact) mass is 240 g/mol. The zero-order valence-electron chi connectivity index (χ0n) is 10.2. The number of nitrogens with zero attached hydrogens (tertiary/aromatic N) is 1. The van der Waals surface area contributed by atoms with Crippen molar-refractivity contribution in [2.45, 2.75) is 25.5 Å². The first-order valence-corrected chi connectivity index (χ1v) is 6.23. The Kier molecular flexibility index (Phi) is 2.99. The van der Waals surface area contributed by atoms with Crippen LogP contribution in [-0.4, -0.2) is 4.98 Å². The Morgan fingerprint density at radius 3 is 2.89 bits per heavy atom. The van der Waals surface area contributed by atoms with Gasteiger partial charge in [0, 0.05) is 18.4 Å². The number of fused-ring (bicyclic) bond motifs is 1. The summed E-state index contributed by atoms with van der Waals surface area (Å²) >= 11 is 0. The summed E-state index contributed by atoms with van der Waals surface area (Å²) in [5, 5.41) is 0. The molecule has 1 aliphatic rings. The lowest BCUT2D eigenvalue weighted by Gasteiger charge is -2.09. The summed E-state index contributed by atoms with van der Waals surface area (Å²) in [6.45, 7) is 0.577. The van der Waals surface area contributed by atoms with Crippen LogP contribution in [0.15, 0.2) is 42.7 Å². The predicted molar refractivity (Wildman–Crippen MR) is 70.3 cm³/mol. The third-order valence-corrected chi connectivity index (χ3v) is 3.39. The van der Waals surface area contributed by atoms with Crippen LogP contribution in [0.2, 0.25) is 0 Å². The summed E-state index contributed by atoms with van der Waals surface area (Å²) in [6, 6.07) is 10.3. The molecule has 92 valence electrons. The van der Waals surface area contributed by atoms with Crippen LogP contribution >= 0.6 is 0 Å². The van der Waals surface area contributed by atoms with Crippen molar-refractivity contribution in [3.8, 4) is 5.75 Å². The Labute approximate surface area is 107 Å². The van der Waals surface area contributed by atoms with E-state index < -0.39 is 0 Å². The second kappa shape index (κ2) is 4.78. The van der Waals surface area contributed by atoms with Crippen molar-refractivity contribution in [1.29, 1.82) is 0 Å². The van der Waals surface area contributed by atoms with Gasteiger partial charge in [-0.25, -0.2) is 0 Å². The molecule has 0 saturated heterocycles. The van der Waals surface area contributed by atoms with Gasteiger partial charge in [-0.3, -0.25) is 4.98 Å². The van der Waals surface area contributed by atoms with E-state index in [1.54, 1.807) is 12.4 Å². The summed E-state index contributed by atoms with van der Waals surface area (Å²) in [4.78, 5) is 3.99.